The van der Waals surface area contributed by atoms with Crippen LogP contribution in [0.25, 0.3) is 11.6 Å². The molecule has 0 radical (unpaired) electrons. The molecule has 31 heavy (non-hydrogen) atoms. The average molecular weight is 429 g/mol. The Morgan fingerprint density at radius 2 is 1.97 bits per heavy atom. The molecule has 0 aromatic carbocycles. The number of piperidine rings is 1. The highest BCUT2D eigenvalue weighted by Crippen LogP contribution is 2.14. The van der Waals surface area contributed by atoms with E-state index in [0.717, 1.165) is 63.9 Å². The van der Waals surface area contributed by atoms with Crippen LogP contribution in [0.1, 0.15) is 25.1 Å². The fourth-order valence-corrected chi connectivity index (χ4v) is 4.10. The first-order valence-electron chi connectivity index (χ1n) is 11.1. The van der Waals surface area contributed by atoms with Gasteiger partial charge in [0.2, 0.25) is 11.7 Å². The third kappa shape index (κ3) is 5.63. The summed E-state index contributed by atoms with van der Waals surface area (Å²) in [5, 5.41) is 10.6. The fraction of sp³-hybridized carbons (Fsp3) is 0.619. The van der Waals surface area contributed by atoms with Gasteiger partial charge in [-0.15, -0.1) is 0 Å². The minimum absolute atomic E-state index is 0.275. The van der Waals surface area contributed by atoms with E-state index in [1.54, 1.807) is 13.3 Å². The van der Waals surface area contributed by atoms with Crippen molar-refractivity contribution >= 4 is 11.9 Å². The van der Waals surface area contributed by atoms with Gasteiger partial charge in [-0.2, -0.15) is 5.10 Å². The van der Waals surface area contributed by atoms with Crippen LogP contribution in [0.15, 0.2) is 27.8 Å². The maximum atomic E-state index is 12.5. The van der Waals surface area contributed by atoms with E-state index in [0.29, 0.717) is 31.1 Å². The molecule has 168 valence electrons. The van der Waals surface area contributed by atoms with E-state index in [2.05, 4.69) is 35.3 Å². The number of nitrogens with one attached hydrogen (secondary N) is 2. The monoisotopic (exact) mass is 428 g/mol. The maximum Gasteiger partial charge on any atom is 0.236 e. The second kappa shape index (κ2) is 10.4. The minimum atomic E-state index is 0.275. The summed E-state index contributed by atoms with van der Waals surface area (Å²) in [5.74, 6) is 3.18. The van der Waals surface area contributed by atoms with Crippen molar-refractivity contribution in [3.63, 3.8) is 0 Å². The zero-order chi connectivity index (χ0) is 21.5. The number of hydrogen-bond acceptors (Lipinski definition) is 6. The Bertz CT molecular complexity index is 849. The van der Waals surface area contributed by atoms with Crippen LogP contribution >= 0.6 is 0 Å². The molecule has 2 saturated heterocycles. The molecule has 2 aliphatic heterocycles. The summed E-state index contributed by atoms with van der Waals surface area (Å²) >= 11 is 0. The number of aromatic nitrogens is 3. The van der Waals surface area contributed by atoms with Crippen LogP contribution in [0, 0.1) is 0 Å². The number of guanidine groups is 1. The predicted molar refractivity (Wildman–Crippen MR) is 118 cm³/mol. The smallest absolute Gasteiger partial charge is 0.236 e. The SMILES string of the molecule is CN=C(NCCc1nc(-c2ccco2)n[nH]1)N1CCN(CC(=O)N2CCCCC2)CC1. The molecule has 0 atom stereocenters. The van der Waals surface area contributed by atoms with E-state index >= 15 is 0 Å². The summed E-state index contributed by atoms with van der Waals surface area (Å²) in [5.41, 5.74) is 0. The van der Waals surface area contributed by atoms with Gasteiger partial charge in [-0.1, -0.05) is 0 Å². The van der Waals surface area contributed by atoms with Crippen molar-refractivity contribution < 1.29 is 9.21 Å². The predicted octanol–water partition coefficient (Wildman–Crippen LogP) is 0.813. The van der Waals surface area contributed by atoms with Crippen LogP contribution in [-0.2, 0) is 11.2 Å². The Labute approximate surface area is 182 Å². The molecule has 2 fully saturated rings. The van der Waals surface area contributed by atoms with Gasteiger partial charge in [0, 0.05) is 59.3 Å². The molecule has 10 nitrogen and oxygen atoms in total. The molecule has 0 spiro atoms. The Kier molecular flexibility index (Phi) is 7.18. The van der Waals surface area contributed by atoms with E-state index < -0.39 is 0 Å². The molecule has 4 heterocycles. The van der Waals surface area contributed by atoms with Crippen molar-refractivity contribution in [3.8, 4) is 11.6 Å². The van der Waals surface area contributed by atoms with Crippen LogP contribution in [0.4, 0.5) is 0 Å². The van der Waals surface area contributed by atoms with Crippen molar-refractivity contribution in [1.82, 2.24) is 35.2 Å². The molecule has 2 aromatic heterocycles. The Balaban J connectivity index is 1.18. The summed E-state index contributed by atoms with van der Waals surface area (Å²) < 4.78 is 5.33. The molecule has 1 amide bonds. The van der Waals surface area contributed by atoms with Crippen molar-refractivity contribution in [2.45, 2.75) is 25.7 Å². The van der Waals surface area contributed by atoms with Gasteiger partial charge < -0.3 is 19.5 Å². The van der Waals surface area contributed by atoms with Gasteiger partial charge in [0.15, 0.2) is 11.7 Å². The van der Waals surface area contributed by atoms with Gasteiger partial charge in [0.25, 0.3) is 0 Å². The normalized spacial score (nSPS) is 18.4. The Morgan fingerprint density at radius 3 is 2.68 bits per heavy atom. The number of aliphatic imine (C=N–C) groups is 1. The average Bonchev–Trinajstić information content (AvgIpc) is 3.50. The molecule has 0 bridgehead atoms. The van der Waals surface area contributed by atoms with Crippen molar-refractivity contribution in [1.29, 1.82) is 0 Å². The number of furan rings is 1. The van der Waals surface area contributed by atoms with Gasteiger partial charge in [0.05, 0.1) is 12.8 Å². The molecule has 2 N–H and O–H groups in total. The number of carbonyl (C=O) groups excluding carboxylic acids is 1. The standard InChI is InChI=1S/C21H32N8O2/c1-22-21(23-8-7-18-24-20(26-25-18)17-6-5-15-31-17)29-13-11-27(12-14-29)16-19(30)28-9-3-2-4-10-28/h5-6,15H,2-4,7-14,16H2,1H3,(H,22,23)(H,24,25,26). The van der Waals surface area contributed by atoms with Gasteiger partial charge in [-0.25, -0.2) is 4.98 Å². The first kappa shape index (κ1) is 21.4. The van der Waals surface area contributed by atoms with Gasteiger partial charge in [0.1, 0.15) is 5.82 Å². The number of H-pyrrole nitrogens is 1. The highest BCUT2D eigenvalue weighted by molar-refractivity contribution is 5.80. The highest BCUT2D eigenvalue weighted by Gasteiger charge is 2.24. The second-order valence-electron chi connectivity index (χ2n) is 8.01. The van der Waals surface area contributed by atoms with Gasteiger partial charge in [-0.05, 0) is 31.4 Å². The first-order chi connectivity index (χ1) is 15.2. The fourth-order valence-electron chi connectivity index (χ4n) is 4.10. The number of likely N-dealkylation sites (tertiary alicyclic amines) is 1. The molecule has 0 saturated carbocycles. The molecule has 2 aromatic rings. The maximum absolute atomic E-state index is 12.5. The largest absolute Gasteiger partial charge is 0.461 e. The lowest BCUT2D eigenvalue weighted by atomic mass is 10.1. The highest BCUT2D eigenvalue weighted by atomic mass is 16.3. The van der Waals surface area contributed by atoms with E-state index in [1.165, 1.54) is 6.42 Å². The molecular formula is C21H32N8O2. The van der Waals surface area contributed by atoms with Crippen LogP contribution in [0.3, 0.4) is 0 Å². The third-order valence-electron chi connectivity index (χ3n) is 5.87. The van der Waals surface area contributed by atoms with Crippen LogP contribution in [0.5, 0.6) is 0 Å². The van der Waals surface area contributed by atoms with E-state index in [9.17, 15) is 4.79 Å². The molecule has 2 aliphatic rings. The molecule has 4 rings (SSSR count). The first-order valence-corrected chi connectivity index (χ1v) is 11.1. The second-order valence-corrected chi connectivity index (χ2v) is 8.01. The van der Waals surface area contributed by atoms with Crippen LogP contribution in [0.2, 0.25) is 0 Å². The summed E-state index contributed by atoms with van der Waals surface area (Å²) in [6.45, 7) is 6.53. The summed E-state index contributed by atoms with van der Waals surface area (Å²) in [7, 11) is 1.80. The Hall–Kier alpha value is -2.88. The molecule has 0 aliphatic carbocycles. The number of carbonyl (C=O) groups is 1. The number of nitrogens with zero attached hydrogens (tertiary/aromatic N) is 6. The van der Waals surface area contributed by atoms with Crippen molar-refractivity contribution in [2.24, 2.45) is 4.99 Å². The van der Waals surface area contributed by atoms with Crippen molar-refractivity contribution in [3.05, 3.63) is 24.2 Å². The van der Waals surface area contributed by atoms with E-state index in [-0.39, 0.29) is 5.91 Å². The lowest BCUT2D eigenvalue weighted by Gasteiger charge is -2.37. The minimum Gasteiger partial charge on any atom is -0.461 e. The zero-order valence-corrected chi connectivity index (χ0v) is 18.2. The number of aromatic amines is 1. The summed E-state index contributed by atoms with van der Waals surface area (Å²) in [4.78, 5) is 27.9. The van der Waals surface area contributed by atoms with Crippen LogP contribution in [-0.4, -0.2) is 101 Å². The zero-order valence-electron chi connectivity index (χ0n) is 18.2. The van der Waals surface area contributed by atoms with E-state index in [4.69, 9.17) is 4.42 Å². The lowest BCUT2D eigenvalue weighted by molar-refractivity contribution is -0.133. The lowest BCUT2D eigenvalue weighted by Crippen LogP contribution is -2.54. The third-order valence-corrected chi connectivity index (χ3v) is 5.87. The van der Waals surface area contributed by atoms with Gasteiger partial charge in [-0.3, -0.25) is 19.8 Å². The van der Waals surface area contributed by atoms with Gasteiger partial charge >= 0.3 is 0 Å². The van der Waals surface area contributed by atoms with E-state index in [1.807, 2.05) is 17.0 Å². The number of amides is 1. The molecule has 0 unspecified atom stereocenters. The Morgan fingerprint density at radius 1 is 1.16 bits per heavy atom. The number of rotatable bonds is 6. The quantitative estimate of drug-likeness (QED) is 0.518. The van der Waals surface area contributed by atoms with Crippen LogP contribution < -0.4 is 5.32 Å². The number of hydrogen-bond donors (Lipinski definition) is 2. The topological polar surface area (TPSA) is 106 Å². The number of piperazine rings is 1. The molecular weight excluding hydrogens is 396 g/mol. The summed E-state index contributed by atoms with van der Waals surface area (Å²) in [6, 6.07) is 3.66. The summed E-state index contributed by atoms with van der Waals surface area (Å²) in [6.07, 6.45) is 5.84. The molecule has 10 heteroatoms. The van der Waals surface area contributed by atoms with Crippen molar-refractivity contribution in [2.75, 3.05) is 59.4 Å².